The van der Waals surface area contributed by atoms with Gasteiger partial charge in [0.2, 0.25) is 10.0 Å². The smallest absolute Gasteiger partial charge is 0.210 e. The van der Waals surface area contributed by atoms with Crippen LogP contribution in [-0.4, -0.2) is 20.9 Å². The van der Waals surface area contributed by atoms with Gasteiger partial charge in [0.1, 0.15) is 18.0 Å². The number of rotatable bonds is 6. The van der Waals surface area contributed by atoms with Crippen molar-refractivity contribution in [3.8, 4) is 5.75 Å². The predicted molar refractivity (Wildman–Crippen MR) is 87.4 cm³/mol. The van der Waals surface area contributed by atoms with Crippen LogP contribution < -0.4 is 9.46 Å². The third-order valence-electron chi connectivity index (χ3n) is 3.80. The Morgan fingerprint density at radius 3 is 2.39 bits per heavy atom. The van der Waals surface area contributed by atoms with Gasteiger partial charge in [-0.25, -0.2) is 8.42 Å². The highest BCUT2D eigenvalue weighted by Crippen LogP contribution is 2.44. The van der Waals surface area contributed by atoms with Crippen LogP contribution in [-0.2, 0) is 27.0 Å². The number of hydrogen-bond acceptors (Lipinski definition) is 4. The van der Waals surface area contributed by atoms with Crippen molar-refractivity contribution in [3.63, 3.8) is 0 Å². The van der Waals surface area contributed by atoms with Crippen LogP contribution in [0.25, 0.3) is 0 Å². The maximum atomic E-state index is 11.3. The van der Waals surface area contributed by atoms with Crippen LogP contribution in [0.5, 0.6) is 5.75 Å². The normalized spacial score (nSPS) is 23.5. The van der Waals surface area contributed by atoms with E-state index in [2.05, 4.69) is 4.72 Å². The second-order valence-electron chi connectivity index (χ2n) is 5.79. The van der Waals surface area contributed by atoms with E-state index in [0.29, 0.717) is 6.61 Å². The van der Waals surface area contributed by atoms with Crippen LogP contribution in [0.1, 0.15) is 18.1 Å². The molecule has 0 spiro atoms. The molecule has 1 fully saturated rings. The summed E-state index contributed by atoms with van der Waals surface area (Å²) < 4.78 is 36.2. The Morgan fingerprint density at radius 2 is 1.78 bits per heavy atom. The molecule has 23 heavy (non-hydrogen) atoms. The maximum absolute atomic E-state index is 11.3. The molecular formula is C17H19NO4S. The lowest BCUT2D eigenvalue weighted by atomic mass is 10.0. The number of ether oxygens (including phenoxy) is 2. The Bertz CT molecular complexity index is 774. The first-order valence-corrected chi connectivity index (χ1v) is 9.18. The van der Waals surface area contributed by atoms with Gasteiger partial charge in [0.25, 0.3) is 0 Å². The summed E-state index contributed by atoms with van der Waals surface area (Å²) in [6.07, 6.45) is 0.601. The van der Waals surface area contributed by atoms with Gasteiger partial charge in [-0.05, 0) is 30.2 Å². The molecule has 122 valence electrons. The van der Waals surface area contributed by atoms with Crippen molar-refractivity contribution >= 4 is 10.0 Å². The third kappa shape index (κ3) is 3.90. The molecule has 0 radical (unpaired) electrons. The molecule has 1 aliphatic heterocycles. The van der Waals surface area contributed by atoms with E-state index in [1.165, 1.54) is 0 Å². The van der Waals surface area contributed by atoms with Crippen LogP contribution in [0.15, 0.2) is 54.6 Å². The molecule has 0 aliphatic carbocycles. The summed E-state index contributed by atoms with van der Waals surface area (Å²) in [6.45, 7) is 2.36. The van der Waals surface area contributed by atoms with Crippen LogP contribution in [0, 0.1) is 0 Å². The van der Waals surface area contributed by atoms with Gasteiger partial charge in [-0.2, -0.15) is 4.72 Å². The van der Waals surface area contributed by atoms with Crippen molar-refractivity contribution in [1.29, 1.82) is 0 Å². The summed E-state index contributed by atoms with van der Waals surface area (Å²) in [5.41, 5.74) is 1.39. The molecule has 6 heteroatoms. The molecule has 0 saturated carbocycles. The molecule has 0 amide bonds. The summed E-state index contributed by atoms with van der Waals surface area (Å²) in [5, 5.41) is 0. The van der Waals surface area contributed by atoms with E-state index in [4.69, 9.17) is 9.47 Å². The average molecular weight is 333 g/mol. The van der Waals surface area contributed by atoms with Crippen molar-refractivity contribution in [2.24, 2.45) is 0 Å². The van der Waals surface area contributed by atoms with E-state index in [1.54, 1.807) is 0 Å². The lowest BCUT2D eigenvalue weighted by molar-refractivity contribution is 0.302. The molecule has 0 aromatic heterocycles. The Morgan fingerprint density at radius 1 is 1.13 bits per heavy atom. The minimum atomic E-state index is -3.29. The highest BCUT2D eigenvalue weighted by Gasteiger charge is 2.55. The molecule has 5 nitrogen and oxygen atoms in total. The average Bonchev–Trinajstić information content (AvgIpc) is 3.15. The Labute approximate surface area is 136 Å². The SMILES string of the molecule is CC1(c2ccc(OCc3ccccc3)cc2)OC1NS(C)(=O)=O. The van der Waals surface area contributed by atoms with Crippen LogP contribution in [0.4, 0.5) is 0 Å². The number of epoxide rings is 1. The summed E-state index contributed by atoms with van der Waals surface area (Å²) >= 11 is 0. The third-order valence-corrected chi connectivity index (χ3v) is 4.44. The van der Waals surface area contributed by atoms with E-state index in [-0.39, 0.29) is 0 Å². The first kappa shape index (κ1) is 16.0. The van der Waals surface area contributed by atoms with Crippen LogP contribution >= 0.6 is 0 Å². The Hall–Kier alpha value is -1.89. The van der Waals surface area contributed by atoms with E-state index < -0.39 is 21.9 Å². The van der Waals surface area contributed by atoms with E-state index in [1.807, 2.05) is 61.5 Å². The molecule has 1 N–H and O–H groups in total. The number of hydrogen-bond donors (Lipinski definition) is 1. The van der Waals surface area contributed by atoms with Crippen molar-refractivity contribution in [2.75, 3.05) is 6.26 Å². The van der Waals surface area contributed by atoms with Crippen LogP contribution in [0.2, 0.25) is 0 Å². The zero-order valence-corrected chi connectivity index (χ0v) is 13.8. The highest BCUT2D eigenvalue weighted by atomic mass is 32.2. The predicted octanol–water partition coefficient (Wildman–Crippen LogP) is 2.39. The fraction of sp³-hybridized carbons (Fsp3) is 0.294. The summed E-state index contributed by atoms with van der Waals surface area (Å²) in [6, 6.07) is 17.4. The van der Waals surface area contributed by atoms with Crippen molar-refractivity contribution < 1.29 is 17.9 Å². The minimum absolute atomic E-state index is 0.506. The summed E-state index contributed by atoms with van der Waals surface area (Å²) in [7, 11) is -3.29. The lowest BCUT2D eigenvalue weighted by Gasteiger charge is -2.10. The molecule has 2 unspecified atom stereocenters. The van der Waals surface area contributed by atoms with Gasteiger partial charge in [0, 0.05) is 0 Å². The topological polar surface area (TPSA) is 67.9 Å². The largest absolute Gasteiger partial charge is 0.489 e. The first-order chi connectivity index (χ1) is 10.9. The van der Waals surface area contributed by atoms with Gasteiger partial charge in [0.15, 0.2) is 6.23 Å². The maximum Gasteiger partial charge on any atom is 0.210 e. The quantitative estimate of drug-likeness (QED) is 0.824. The second kappa shape index (κ2) is 5.96. The Balaban J connectivity index is 1.62. The molecule has 1 heterocycles. The fourth-order valence-corrected chi connectivity index (χ4v) is 3.05. The summed E-state index contributed by atoms with van der Waals surface area (Å²) in [4.78, 5) is 0. The zero-order chi connectivity index (χ0) is 16.5. The zero-order valence-electron chi connectivity index (χ0n) is 13.0. The lowest BCUT2D eigenvalue weighted by Crippen LogP contribution is -2.29. The summed E-state index contributed by atoms with van der Waals surface area (Å²) in [5.74, 6) is 0.759. The number of benzene rings is 2. The van der Waals surface area contributed by atoms with Crippen molar-refractivity contribution in [1.82, 2.24) is 4.72 Å². The Kier molecular flexibility index (Phi) is 4.14. The highest BCUT2D eigenvalue weighted by molar-refractivity contribution is 7.88. The molecule has 2 aromatic rings. The van der Waals surface area contributed by atoms with E-state index in [0.717, 1.165) is 23.1 Å². The minimum Gasteiger partial charge on any atom is -0.489 e. The monoisotopic (exact) mass is 333 g/mol. The van der Waals surface area contributed by atoms with Gasteiger partial charge in [-0.15, -0.1) is 0 Å². The van der Waals surface area contributed by atoms with Gasteiger partial charge in [0.05, 0.1) is 6.26 Å². The second-order valence-corrected chi connectivity index (χ2v) is 7.57. The first-order valence-electron chi connectivity index (χ1n) is 7.29. The molecule has 0 bridgehead atoms. The molecule has 1 aliphatic rings. The van der Waals surface area contributed by atoms with E-state index >= 15 is 0 Å². The number of sulfonamides is 1. The van der Waals surface area contributed by atoms with Crippen molar-refractivity contribution in [2.45, 2.75) is 25.4 Å². The molecule has 3 rings (SSSR count). The van der Waals surface area contributed by atoms with Gasteiger partial charge in [-0.1, -0.05) is 42.5 Å². The number of nitrogens with one attached hydrogen (secondary N) is 1. The fourth-order valence-electron chi connectivity index (χ4n) is 2.38. The van der Waals surface area contributed by atoms with Crippen LogP contribution in [0.3, 0.4) is 0 Å². The van der Waals surface area contributed by atoms with Gasteiger partial charge in [-0.3, -0.25) is 0 Å². The molecule has 2 aromatic carbocycles. The van der Waals surface area contributed by atoms with E-state index in [9.17, 15) is 8.42 Å². The van der Waals surface area contributed by atoms with Crippen molar-refractivity contribution in [3.05, 3.63) is 65.7 Å². The van der Waals surface area contributed by atoms with Gasteiger partial charge >= 0.3 is 0 Å². The molecular weight excluding hydrogens is 314 g/mol. The standard InChI is InChI=1S/C17H19NO4S/c1-17(16(22-17)18-23(2,19)20)14-8-10-15(11-9-14)21-12-13-6-4-3-5-7-13/h3-11,16,18H,12H2,1-2H3. The van der Waals surface area contributed by atoms with Gasteiger partial charge < -0.3 is 9.47 Å². The molecule has 2 atom stereocenters. The molecule has 1 saturated heterocycles.